The highest BCUT2D eigenvalue weighted by atomic mass is 79.9. The molecule has 0 spiro atoms. The molecule has 0 N–H and O–H groups in total. The van der Waals surface area contributed by atoms with Crippen LogP contribution in [0.2, 0.25) is 0 Å². The van der Waals surface area contributed by atoms with Crippen LogP contribution in [0.1, 0.15) is 0 Å². The largest absolute Gasteiger partial charge is 0.496 e. The zero-order valence-electron chi connectivity index (χ0n) is 6.99. The molecule has 0 aliphatic heterocycles. The molecule has 0 saturated heterocycles. The van der Waals surface area contributed by atoms with E-state index in [0.717, 1.165) is 21.3 Å². The van der Waals surface area contributed by atoms with Crippen LogP contribution in [-0.2, 0) is 0 Å². The van der Waals surface area contributed by atoms with E-state index in [4.69, 9.17) is 4.74 Å². The maximum absolute atomic E-state index is 5.20. The van der Waals surface area contributed by atoms with E-state index >= 15 is 0 Å². The van der Waals surface area contributed by atoms with E-state index < -0.39 is 0 Å². The Hall–Kier alpha value is -1.16. The maximum Gasteiger partial charge on any atom is 0.130 e. The Morgan fingerprint density at radius 3 is 2.92 bits per heavy atom. The number of benzene rings is 1. The van der Waals surface area contributed by atoms with Crippen LogP contribution in [0.4, 0.5) is 0 Å². The summed E-state index contributed by atoms with van der Waals surface area (Å²) in [6.45, 7) is 0. The number of nitrogens with zero attached hydrogens (tertiary/aromatic N) is 2. The van der Waals surface area contributed by atoms with Crippen molar-refractivity contribution in [3.8, 4) is 5.75 Å². The third-order valence-corrected chi connectivity index (χ3v) is 2.40. The summed E-state index contributed by atoms with van der Waals surface area (Å²) in [5.74, 6) is 0.782. The van der Waals surface area contributed by atoms with Gasteiger partial charge < -0.3 is 4.74 Å². The molecular weight excluding hydrogens is 232 g/mol. The van der Waals surface area contributed by atoms with E-state index in [1.165, 1.54) is 6.33 Å². The second-order valence-electron chi connectivity index (χ2n) is 2.52. The predicted octanol–water partition coefficient (Wildman–Crippen LogP) is 2.40. The number of methoxy groups -OCH3 is 1. The van der Waals surface area contributed by atoms with E-state index in [2.05, 4.69) is 25.9 Å². The second-order valence-corrected chi connectivity index (χ2v) is 3.27. The maximum atomic E-state index is 5.20. The van der Waals surface area contributed by atoms with Crippen molar-refractivity contribution in [3.05, 3.63) is 29.1 Å². The van der Waals surface area contributed by atoms with Crippen LogP contribution < -0.4 is 4.74 Å². The van der Waals surface area contributed by atoms with Gasteiger partial charge in [-0.25, -0.2) is 9.97 Å². The summed E-state index contributed by atoms with van der Waals surface area (Å²) in [5, 5.41) is 0.910. The van der Waals surface area contributed by atoms with Gasteiger partial charge in [0.2, 0.25) is 0 Å². The molecule has 1 aromatic heterocycles. The van der Waals surface area contributed by atoms with E-state index in [1.807, 2.05) is 18.2 Å². The fourth-order valence-electron chi connectivity index (χ4n) is 1.21. The van der Waals surface area contributed by atoms with Crippen molar-refractivity contribution in [2.45, 2.75) is 0 Å². The second kappa shape index (κ2) is 3.30. The van der Waals surface area contributed by atoms with Gasteiger partial charge in [0.15, 0.2) is 0 Å². The number of hydrogen-bond acceptors (Lipinski definition) is 3. The first-order valence-electron chi connectivity index (χ1n) is 3.76. The van der Waals surface area contributed by atoms with Gasteiger partial charge in [0, 0.05) is 0 Å². The third-order valence-electron chi connectivity index (χ3n) is 1.80. The van der Waals surface area contributed by atoms with E-state index in [1.54, 1.807) is 7.11 Å². The Labute approximate surface area is 83.9 Å². The molecule has 4 heteroatoms. The average Bonchev–Trinajstić information content (AvgIpc) is 2.17. The minimum atomic E-state index is 0.759. The molecule has 0 radical (unpaired) electrons. The van der Waals surface area contributed by atoms with Crippen molar-refractivity contribution in [1.82, 2.24) is 9.97 Å². The smallest absolute Gasteiger partial charge is 0.130 e. The standard InChI is InChI=1S/C9H7BrN2O/c1-13-7-4-2-3-6-8(7)9(10)12-5-11-6/h2-5H,1H3. The molecule has 0 unspecified atom stereocenters. The molecule has 0 saturated carbocycles. The lowest BCUT2D eigenvalue weighted by molar-refractivity contribution is 0.419. The number of ether oxygens (including phenoxy) is 1. The van der Waals surface area contributed by atoms with Gasteiger partial charge in [-0.1, -0.05) is 6.07 Å². The Balaban J connectivity index is 2.87. The molecular formula is C9H7BrN2O. The third kappa shape index (κ3) is 1.37. The highest BCUT2D eigenvalue weighted by Gasteiger charge is 2.05. The topological polar surface area (TPSA) is 35.0 Å². The monoisotopic (exact) mass is 238 g/mol. The summed E-state index contributed by atoms with van der Waals surface area (Å²) in [4.78, 5) is 8.17. The van der Waals surface area contributed by atoms with Gasteiger partial charge in [-0.3, -0.25) is 0 Å². The van der Waals surface area contributed by atoms with Crippen molar-refractivity contribution in [3.63, 3.8) is 0 Å². The fourth-order valence-corrected chi connectivity index (χ4v) is 1.70. The number of aromatic nitrogens is 2. The molecule has 0 atom stereocenters. The molecule has 3 nitrogen and oxygen atoms in total. The summed E-state index contributed by atoms with van der Waals surface area (Å²) in [6, 6.07) is 5.71. The summed E-state index contributed by atoms with van der Waals surface area (Å²) < 4.78 is 5.96. The Morgan fingerprint density at radius 2 is 2.15 bits per heavy atom. The summed E-state index contributed by atoms with van der Waals surface area (Å²) in [7, 11) is 1.63. The van der Waals surface area contributed by atoms with Crippen molar-refractivity contribution in [2.75, 3.05) is 7.11 Å². The normalized spacial score (nSPS) is 10.3. The van der Waals surface area contributed by atoms with E-state index in [9.17, 15) is 0 Å². The van der Waals surface area contributed by atoms with Gasteiger partial charge in [-0.05, 0) is 28.1 Å². The molecule has 66 valence electrons. The lowest BCUT2D eigenvalue weighted by Gasteiger charge is -2.04. The first-order valence-corrected chi connectivity index (χ1v) is 4.55. The molecule has 0 aliphatic carbocycles. The molecule has 2 aromatic rings. The lowest BCUT2D eigenvalue weighted by atomic mass is 10.2. The number of halogens is 1. The van der Waals surface area contributed by atoms with Gasteiger partial charge in [0.1, 0.15) is 16.7 Å². The van der Waals surface area contributed by atoms with Crippen LogP contribution in [0.25, 0.3) is 10.9 Å². The van der Waals surface area contributed by atoms with Crippen LogP contribution >= 0.6 is 15.9 Å². The van der Waals surface area contributed by atoms with Gasteiger partial charge in [-0.2, -0.15) is 0 Å². The van der Waals surface area contributed by atoms with Crippen LogP contribution in [0, 0.1) is 0 Å². The predicted molar refractivity (Wildman–Crippen MR) is 53.8 cm³/mol. The highest BCUT2D eigenvalue weighted by Crippen LogP contribution is 2.28. The van der Waals surface area contributed by atoms with Crippen LogP contribution in [0.5, 0.6) is 5.75 Å². The molecule has 1 aromatic carbocycles. The van der Waals surface area contributed by atoms with Crippen LogP contribution in [0.3, 0.4) is 0 Å². The zero-order valence-corrected chi connectivity index (χ0v) is 8.58. The Bertz CT molecular complexity index is 439. The minimum Gasteiger partial charge on any atom is -0.496 e. The molecule has 2 rings (SSSR count). The molecule has 0 fully saturated rings. The molecule has 0 bridgehead atoms. The minimum absolute atomic E-state index is 0.759. The SMILES string of the molecule is COc1cccc2ncnc(Br)c12. The summed E-state index contributed by atoms with van der Waals surface area (Å²) in [6.07, 6.45) is 1.52. The Kier molecular flexibility index (Phi) is 2.14. The van der Waals surface area contributed by atoms with Gasteiger partial charge in [0.05, 0.1) is 18.0 Å². The van der Waals surface area contributed by atoms with Crippen LogP contribution in [0.15, 0.2) is 29.1 Å². The quantitative estimate of drug-likeness (QED) is 0.716. The van der Waals surface area contributed by atoms with E-state index in [0.29, 0.717) is 0 Å². The van der Waals surface area contributed by atoms with E-state index in [-0.39, 0.29) is 0 Å². The van der Waals surface area contributed by atoms with Crippen molar-refractivity contribution >= 4 is 26.8 Å². The molecule has 0 aliphatic rings. The van der Waals surface area contributed by atoms with Crippen molar-refractivity contribution in [2.24, 2.45) is 0 Å². The average molecular weight is 239 g/mol. The van der Waals surface area contributed by atoms with Crippen LogP contribution in [-0.4, -0.2) is 17.1 Å². The van der Waals surface area contributed by atoms with Gasteiger partial charge in [-0.15, -0.1) is 0 Å². The first kappa shape index (κ1) is 8.44. The van der Waals surface area contributed by atoms with Crippen molar-refractivity contribution in [1.29, 1.82) is 0 Å². The number of rotatable bonds is 1. The van der Waals surface area contributed by atoms with Gasteiger partial charge in [0.25, 0.3) is 0 Å². The van der Waals surface area contributed by atoms with Crippen molar-refractivity contribution < 1.29 is 4.74 Å². The lowest BCUT2D eigenvalue weighted by Crippen LogP contribution is -1.89. The fraction of sp³-hybridized carbons (Fsp3) is 0.111. The summed E-state index contributed by atoms with van der Waals surface area (Å²) in [5.41, 5.74) is 0.876. The number of hydrogen-bond donors (Lipinski definition) is 0. The summed E-state index contributed by atoms with van der Waals surface area (Å²) >= 11 is 3.36. The van der Waals surface area contributed by atoms with Gasteiger partial charge >= 0.3 is 0 Å². The Morgan fingerprint density at radius 1 is 1.31 bits per heavy atom. The first-order chi connectivity index (χ1) is 6.33. The highest BCUT2D eigenvalue weighted by molar-refractivity contribution is 9.10. The molecule has 1 heterocycles. The molecule has 0 amide bonds. The molecule has 13 heavy (non-hydrogen) atoms. The number of fused-ring (bicyclic) bond motifs is 1. The zero-order chi connectivity index (χ0) is 9.26.